The number of hydrogen-bond donors (Lipinski definition) is 5. The summed E-state index contributed by atoms with van der Waals surface area (Å²) in [6.07, 6.45) is 11.8. The normalized spacial score (nSPS) is 20.5. The van der Waals surface area contributed by atoms with Gasteiger partial charge in [0.1, 0.15) is 18.2 Å². The largest absolute Gasteiger partial charge is 0.444 e. The number of amides is 4. The highest BCUT2D eigenvalue weighted by Gasteiger charge is 2.52. The molecule has 2 aliphatic carbocycles. The Labute approximate surface area is 294 Å². The molecule has 4 amide bonds. The van der Waals surface area contributed by atoms with Crippen LogP contribution in [-0.4, -0.2) is 83.6 Å². The SMILES string of the molecule is CCCCC/C=C\C1CC1C(=O)NS(=O)(=O)C1(C)CC1.CNC(=O)[C@@H]1CCCN1C(=O)CNC(=O)OC(C)(C)C.O=c1[nH]c2ccccc2[nH]1. The number of fused-ring (bicyclic) bond motifs is 1. The topological polar surface area (TPSA) is 200 Å². The Morgan fingerprint density at radius 1 is 1.06 bits per heavy atom. The number of aromatic amines is 2. The van der Waals surface area contributed by atoms with Gasteiger partial charge in [0.25, 0.3) is 0 Å². The van der Waals surface area contributed by atoms with E-state index in [1.54, 1.807) is 34.7 Å². The minimum Gasteiger partial charge on any atom is -0.444 e. The van der Waals surface area contributed by atoms with E-state index in [1.807, 2.05) is 24.3 Å². The molecule has 0 bridgehead atoms. The zero-order valence-electron chi connectivity index (χ0n) is 30.1. The summed E-state index contributed by atoms with van der Waals surface area (Å²) >= 11 is 0. The summed E-state index contributed by atoms with van der Waals surface area (Å²) in [5.74, 6) is -0.676. The van der Waals surface area contributed by atoms with Crippen LogP contribution in [0.3, 0.4) is 0 Å². The van der Waals surface area contributed by atoms with E-state index in [0.29, 0.717) is 25.8 Å². The van der Waals surface area contributed by atoms with Crippen LogP contribution < -0.4 is 21.0 Å². The summed E-state index contributed by atoms with van der Waals surface area (Å²) in [5.41, 5.74) is 0.951. The van der Waals surface area contributed by atoms with Gasteiger partial charge < -0.3 is 30.2 Å². The van der Waals surface area contributed by atoms with Crippen LogP contribution >= 0.6 is 0 Å². The average molecular weight is 719 g/mol. The maximum atomic E-state index is 12.0. The standard InChI is InChI=1S/C15H25NO3S.C13H23N3O4.C7H6N2O/c1-3-4-5-6-7-8-12-11-13(12)14(17)16-20(18,19)15(2)9-10-15;1-13(2,3)20-12(19)15-8-10(17)16-7-5-6-9(16)11(18)14-4;10-7-8-5-3-1-2-4-6(5)9-7/h7-8,12-13H,3-6,9-11H2,1-2H3,(H,16,17);9H,5-8H2,1-4H3,(H,14,18)(H,15,19);1-4H,(H2,8,9,10)/b8-7-;;/t;9-;/m.0./s1. The van der Waals surface area contributed by atoms with Crippen molar-refractivity contribution in [2.24, 2.45) is 11.8 Å². The fraction of sp³-hybridized carbons (Fsp3) is 0.629. The van der Waals surface area contributed by atoms with E-state index in [0.717, 1.165) is 30.3 Å². The maximum Gasteiger partial charge on any atom is 0.408 e. The summed E-state index contributed by atoms with van der Waals surface area (Å²) in [4.78, 5) is 64.5. The molecule has 2 saturated carbocycles. The number of sulfonamides is 1. The molecule has 50 heavy (non-hydrogen) atoms. The number of imidazole rings is 1. The Bertz CT molecular complexity index is 1640. The third kappa shape index (κ3) is 12.3. The van der Waals surface area contributed by atoms with Crippen LogP contribution in [0, 0.1) is 11.8 Å². The molecule has 3 fully saturated rings. The van der Waals surface area contributed by atoms with Crippen molar-refractivity contribution in [3.05, 3.63) is 46.9 Å². The molecule has 15 heteroatoms. The number of alkyl carbamates (subject to hydrolysis) is 1. The molecular formula is C35H54N6O8S. The number of likely N-dealkylation sites (N-methyl/N-ethyl adjacent to an activating group) is 1. The van der Waals surface area contributed by atoms with Crippen LogP contribution in [0.25, 0.3) is 11.0 Å². The van der Waals surface area contributed by atoms with E-state index in [2.05, 4.69) is 44.4 Å². The van der Waals surface area contributed by atoms with Gasteiger partial charge in [-0.25, -0.2) is 18.0 Å². The third-order valence-corrected chi connectivity index (χ3v) is 10.9. The smallest absolute Gasteiger partial charge is 0.408 e. The summed E-state index contributed by atoms with van der Waals surface area (Å²) in [6, 6.07) is 7.03. The molecule has 2 aromatic rings. The first-order valence-corrected chi connectivity index (χ1v) is 18.9. The van der Waals surface area contributed by atoms with E-state index in [4.69, 9.17) is 4.74 Å². The molecule has 1 aliphatic heterocycles. The van der Waals surface area contributed by atoms with E-state index in [9.17, 15) is 32.4 Å². The van der Waals surface area contributed by atoms with Gasteiger partial charge in [0, 0.05) is 19.5 Å². The highest BCUT2D eigenvalue weighted by Crippen LogP contribution is 2.44. The summed E-state index contributed by atoms with van der Waals surface area (Å²) in [7, 11) is -1.93. The van der Waals surface area contributed by atoms with Gasteiger partial charge in [-0.2, -0.15) is 0 Å². The summed E-state index contributed by atoms with van der Waals surface area (Å²) in [6.45, 7) is 9.48. The predicted octanol–water partition coefficient (Wildman–Crippen LogP) is 3.86. The highest BCUT2D eigenvalue weighted by atomic mass is 32.2. The number of ether oxygens (including phenoxy) is 1. The molecule has 3 atom stereocenters. The number of nitrogens with zero attached hydrogens (tertiary/aromatic N) is 1. The van der Waals surface area contributed by atoms with Gasteiger partial charge in [0.2, 0.25) is 27.7 Å². The van der Waals surface area contributed by atoms with E-state index in [1.165, 1.54) is 24.2 Å². The zero-order valence-corrected chi connectivity index (χ0v) is 30.9. The molecule has 14 nitrogen and oxygen atoms in total. The molecule has 1 aromatic carbocycles. The van der Waals surface area contributed by atoms with Crippen molar-refractivity contribution in [3.8, 4) is 0 Å². The third-order valence-electron chi connectivity index (χ3n) is 8.70. The number of H-pyrrole nitrogens is 2. The minimum atomic E-state index is -3.47. The van der Waals surface area contributed by atoms with E-state index >= 15 is 0 Å². The zero-order chi connectivity index (χ0) is 37.1. The Morgan fingerprint density at radius 3 is 2.26 bits per heavy atom. The van der Waals surface area contributed by atoms with Crippen molar-refractivity contribution < 1.29 is 32.3 Å². The van der Waals surface area contributed by atoms with Gasteiger partial charge in [-0.15, -0.1) is 0 Å². The van der Waals surface area contributed by atoms with Crippen molar-refractivity contribution >= 4 is 44.9 Å². The van der Waals surface area contributed by atoms with Crippen LogP contribution in [-0.2, 0) is 29.1 Å². The Morgan fingerprint density at radius 2 is 1.70 bits per heavy atom. The molecule has 2 heterocycles. The number of hydrogen-bond acceptors (Lipinski definition) is 8. The second-order valence-corrected chi connectivity index (χ2v) is 16.4. The van der Waals surface area contributed by atoms with E-state index < -0.39 is 32.5 Å². The van der Waals surface area contributed by atoms with Crippen molar-refractivity contribution in [1.82, 2.24) is 30.2 Å². The van der Waals surface area contributed by atoms with Crippen molar-refractivity contribution in [2.45, 2.75) is 109 Å². The number of allylic oxidation sites excluding steroid dienone is 2. The molecule has 0 radical (unpaired) electrons. The van der Waals surface area contributed by atoms with Crippen LogP contribution in [0.4, 0.5) is 4.79 Å². The summed E-state index contributed by atoms with van der Waals surface area (Å²) in [5, 5.41) is 4.95. The lowest BCUT2D eigenvalue weighted by Crippen LogP contribution is -2.48. The van der Waals surface area contributed by atoms with Crippen LogP contribution in [0.2, 0.25) is 0 Å². The van der Waals surface area contributed by atoms with Crippen LogP contribution in [0.15, 0.2) is 41.2 Å². The van der Waals surface area contributed by atoms with E-state index in [-0.39, 0.29) is 41.8 Å². The fourth-order valence-corrected chi connectivity index (χ4v) is 6.64. The number of rotatable bonds is 11. The predicted molar refractivity (Wildman–Crippen MR) is 192 cm³/mol. The second-order valence-electron chi connectivity index (χ2n) is 14.2. The second kappa shape index (κ2) is 17.7. The average Bonchev–Trinajstić information content (AvgIpc) is 3.90. The monoisotopic (exact) mass is 718 g/mol. The first-order valence-electron chi connectivity index (χ1n) is 17.4. The number of benzene rings is 1. The molecule has 0 spiro atoms. The molecule has 5 N–H and O–H groups in total. The number of carbonyl (C=O) groups excluding carboxylic acids is 4. The van der Waals surface area contributed by atoms with Gasteiger partial charge in [0.15, 0.2) is 0 Å². The van der Waals surface area contributed by atoms with Crippen molar-refractivity contribution in [3.63, 3.8) is 0 Å². The molecule has 3 aliphatic rings. The Balaban J connectivity index is 0.000000213. The van der Waals surface area contributed by atoms with Crippen LogP contribution in [0.1, 0.15) is 92.4 Å². The number of para-hydroxylation sites is 2. The molecule has 2 unspecified atom stereocenters. The summed E-state index contributed by atoms with van der Waals surface area (Å²) < 4.78 is 30.5. The maximum absolute atomic E-state index is 12.0. The molecular weight excluding hydrogens is 664 g/mol. The molecule has 278 valence electrons. The molecule has 1 saturated heterocycles. The first kappa shape index (κ1) is 40.3. The van der Waals surface area contributed by atoms with Gasteiger partial charge in [-0.3, -0.25) is 19.1 Å². The lowest BCUT2D eigenvalue weighted by Gasteiger charge is -2.24. The van der Waals surface area contributed by atoms with Gasteiger partial charge in [-0.1, -0.05) is 44.1 Å². The van der Waals surface area contributed by atoms with Gasteiger partial charge in [0.05, 0.1) is 15.8 Å². The highest BCUT2D eigenvalue weighted by molar-refractivity contribution is 7.91. The lowest BCUT2D eigenvalue weighted by molar-refractivity contribution is -0.137. The van der Waals surface area contributed by atoms with Crippen molar-refractivity contribution in [1.29, 1.82) is 0 Å². The Hall–Kier alpha value is -4.14. The Kier molecular flexibility index (Phi) is 14.2. The van der Waals surface area contributed by atoms with Gasteiger partial charge in [-0.05, 0) is 90.7 Å². The number of unbranched alkanes of at least 4 members (excludes halogenated alkanes) is 3. The number of nitrogens with one attached hydrogen (secondary N) is 5. The number of aromatic nitrogens is 2. The van der Waals surface area contributed by atoms with Crippen LogP contribution in [0.5, 0.6) is 0 Å². The number of carbonyl (C=O) groups is 4. The van der Waals surface area contributed by atoms with Crippen molar-refractivity contribution in [2.75, 3.05) is 20.1 Å². The first-order chi connectivity index (χ1) is 23.5. The van der Waals surface area contributed by atoms with Gasteiger partial charge >= 0.3 is 11.8 Å². The lowest BCUT2D eigenvalue weighted by atomic mass is 10.2. The molecule has 1 aromatic heterocycles. The quantitative estimate of drug-likeness (QED) is 0.170. The fourth-order valence-electron chi connectivity index (χ4n) is 5.33. The molecule has 5 rings (SSSR count). The number of likely N-dealkylation sites (tertiary alicyclic amines) is 1. The minimum absolute atomic E-state index is 0.144.